The normalized spacial score (nSPS) is 30.4. The lowest BCUT2D eigenvalue weighted by Gasteiger charge is -2.15. The van der Waals surface area contributed by atoms with Gasteiger partial charge >= 0.3 is 0 Å². The van der Waals surface area contributed by atoms with Gasteiger partial charge in [-0.3, -0.25) is 14.3 Å². The van der Waals surface area contributed by atoms with Crippen LogP contribution >= 0.6 is 0 Å². The Kier molecular flexibility index (Phi) is 3.09. The average molecular weight is 341 g/mol. The molecule has 1 aromatic carbocycles. The Morgan fingerprint density at radius 3 is 2.56 bits per heavy atom. The van der Waals surface area contributed by atoms with Crippen LogP contribution in [0.2, 0.25) is 0 Å². The summed E-state index contributed by atoms with van der Waals surface area (Å²) in [6.45, 7) is 0.370. The largest absolute Gasteiger partial charge is 0.373 e. The number of fused-ring (bicyclic) bond motifs is 5. The van der Waals surface area contributed by atoms with Gasteiger partial charge in [0.25, 0.3) is 0 Å². The summed E-state index contributed by atoms with van der Waals surface area (Å²) in [4.78, 5) is 26.7. The van der Waals surface area contributed by atoms with Gasteiger partial charge in [-0.05, 0) is 30.5 Å². The summed E-state index contributed by atoms with van der Waals surface area (Å²) in [5.41, 5.74) is 1.23. The van der Waals surface area contributed by atoms with Crippen LogP contribution in [-0.2, 0) is 20.9 Å². The van der Waals surface area contributed by atoms with Crippen LogP contribution in [0.3, 0.4) is 0 Å². The minimum Gasteiger partial charge on any atom is -0.373 e. The van der Waals surface area contributed by atoms with Crippen molar-refractivity contribution in [3.8, 4) is 0 Å². The van der Waals surface area contributed by atoms with E-state index >= 15 is 0 Å². The number of hydrogen-bond acceptors (Lipinski definition) is 4. The number of imide groups is 1. The molecule has 0 unspecified atom stereocenters. The van der Waals surface area contributed by atoms with Gasteiger partial charge in [0.2, 0.25) is 11.8 Å². The third kappa shape index (κ3) is 2.15. The number of halogens is 1. The fourth-order valence-corrected chi connectivity index (χ4v) is 4.34. The molecule has 7 heteroatoms. The van der Waals surface area contributed by atoms with Crippen molar-refractivity contribution in [3.63, 3.8) is 0 Å². The zero-order valence-electron chi connectivity index (χ0n) is 13.3. The first-order chi connectivity index (χ1) is 12.1. The van der Waals surface area contributed by atoms with E-state index in [-0.39, 0.29) is 41.7 Å². The first-order valence-electron chi connectivity index (χ1n) is 8.42. The molecule has 3 aliphatic rings. The van der Waals surface area contributed by atoms with Crippen LogP contribution in [0.25, 0.3) is 0 Å². The van der Waals surface area contributed by atoms with Crippen LogP contribution in [-0.4, -0.2) is 33.8 Å². The van der Waals surface area contributed by atoms with E-state index in [1.165, 1.54) is 23.2 Å². The van der Waals surface area contributed by atoms with Crippen molar-refractivity contribution in [1.82, 2.24) is 9.78 Å². The first kappa shape index (κ1) is 14.8. The summed E-state index contributed by atoms with van der Waals surface area (Å²) < 4.78 is 20.6. The van der Waals surface area contributed by atoms with Crippen molar-refractivity contribution in [3.05, 3.63) is 48.0 Å². The van der Waals surface area contributed by atoms with Crippen molar-refractivity contribution in [1.29, 1.82) is 0 Å². The quantitative estimate of drug-likeness (QED) is 0.798. The van der Waals surface area contributed by atoms with Crippen molar-refractivity contribution in [2.24, 2.45) is 11.8 Å². The van der Waals surface area contributed by atoms with Crippen LogP contribution in [0.1, 0.15) is 18.4 Å². The van der Waals surface area contributed by atoms with Crippen molar-refractivity contribution >= 4 is 17.5 Å². The van der Waals surface area contributed by atoms with Gasteiger partial charge in [-0.25, -0.2) is 9.29 Å². The number of carbonyl (C=O) groups is 2. The van der Waals surface area contributed by atoms with E-state index in [0.29, 0.717) is 12.2 Å². The zero-order chi connectivity index (χ0) is 17.1. The predicted molar refractivity (Wildman–Crippen MR) is 85.1 cm³/mol. The third-order valence-corrected chi connectivity index (χ3v) is 5.40. The van der Waals surface area contributed by atoms with Gasteiger partial charge in [0.05, 0.1) is 42.5 Å². The summed E-state index contributed by atoms with van der Waals surface area (Å²) in [6, 6.07) is 6.26. The first-order valence-corrected chi connectivity index (χ1v) is 8.42. The Balaban J connectivity index is 1.40. The molecule has 3 saturated heterocycles. The number of aromatic nitrogens is 2. The lowest BCUT2D eigenvalue weighted by atomic mass is 9.81. The topological polar surface area (TPSA) is 64.4 Å². The van der Waals surface area contributed by atoms with Gasteiger partial charge < -0.3 is 4.74 Å². The van der Waals surface area contributed by atoms with Crippen LogP contribution in [0.5, 0.6) is 0 Å². The van der Waals surface area contributed by atoms with Crippen molar-refractivity contribution < 1.29 is 18.7 Å². The van der Waals surface area contributed by atoms with Gasteiger partial charge in [-0.15, -0.1) is 0 Å². The Morgan fingerprint density at radius 1 is 1.16 bits per heavy atom. The molecule has 2 amide bonds. The van der Waals surface area contributed by atoms with Gasteiger partial charge in [0.15, 0.2) is 0 Å². The smallest absolute Gasteiger partial charge is 0.240 e. The molecule has 2 aromatic rings. The Bertz CT molecular complexity index is 852. The van der Waals surface area contributed by atoms with E-state index in [1.807, 2.05) is 0 Å². The second-order valence-corrected chi connectivity index (χ2v) is 6.88. The number of benzene rings is 1. The lowest BCUT2D eigenvalue weighted by Crippen LogP contribution is -2.33. The summed E-state index contributed by atoms with van der Waals surface area (Å²) in [5.74, 6) is -1.38. The van der Waals surface area contributed by atoms with E-state index in [4.69, 9.17) is 4.74 Å². The van der Waals surface area contributed by atoms with Crippen LogP contribution in [0.4, 0.5) is 10.1 Å². The molecule has 4 atom stereocenters. The molecule has 1 aromatic heterocycles. The summed E-state index contributed by atoms with van der Waals surface area (Å²) in [6.07, 6.45) is 4.61. The van der Waals surface area contributed by atoms with Crippen molar-refractivity contribution in [2.75, 3.05) is 4.90 Å². The Morgan fingerprint density at radius 2 is 1.88 bits per heavy atom. The number of carbonyl (C=O) groups excluding carboxylic acids is 2. The second-order valence-electron chi connectivity index (χ2n) is 6.88. The molecule has 128 valence electrons. The summed E-state index contributed by atoms with van der Waals surface area (Å²) in [5, 5.41) is 4.22. The average Bonchev–Trinajstić information content (AvgIpc) is 3.33. The fraction of sp³-hybridized carbons (Fsp3) is 0.389. The van der Waals surface area contributed by atoms with Crippen LogP contribution in [0.15, 0.2) is 36.7 Å². The molecule has 25 heavy (non-hydrogen) atoms. The SMILES string of the molecule is O=C1[C@H]2[C@H](C(=O)N1c1cnn(Cc3cccc(F)c3)c1)[C@H]1CC[C@H]2O1. The molecule has 3 aliphatic heterocycles. The molecule has 5 rings (SSSR count). The highest BCUT2D eigenvalue weighted by atomic mass is 19.1. The van der Waals surface area contributed by atoms with E-state index in [1.54, 1.807) is 23.0 Å². The molecular formula is C18H16FN3O3. The Hall–Kier alpha value is -2.54. The number of hydrogen-bond donors (Lipinski definition) is 0. The molecule has 2 bridgehead atoms. The van der Waals surface area contributed by atoms with E-state index in [0.717, 1.165) is 18.4 Å². The van der Waals surface area contributed by atoms with E-state index < -0.39 is 0 Å². The highest BCUT2D eigenvalue weighted by Crippen LogP contribution is 2.49. The second kappa shape index (κ2) is 5.23. The maximum absolute atomic E-state index is 13.3. The third-order valence-electron chi connectivity index (χ3n) is 5.40. The number of anilines is 1. The van der Waals surface area contributed by atoms with Crippen LogP contribution < -0.4 is 4.90 Å². The molecule has 0 aliphatic carbocycles. The Labute approximate surface area is 143 Å². The fourth-order valence-electron chi connectivity index (χ4n) is 4.34. The standard InChI is InChI=1S/C18H16FN3O3/c19-11-3-1-2-10(6-11)8-21-9-12(7-20-21)22-17(23)15-13-4-5-14(25-13)16(15)18(22)24/h1-3,6-7,9,13-16H,4-5,8H2/t13-,14-,15-,16-/m1/s1. The number of amides is 2. The minimum absolute atomic E-state index is 0.126. The zero-order valence-corrected chi connectivity index (χ0v) is 13.3. The highest BCUT2D eigenvalue weighted by molar-refractivity contribution is 6.22. The molecule has 0 saturated carbocycles. The summed E-state index contributed by atoms with van der Waals surface area (Å²) >= 11 is 0. The molecular weight excluding hydrogens is 325 g/mol. The van der Waals surface area contributed by atoms with Gasteiger partial charge in [-0.1, -0.05) is 12.1 Å². The lowest BCUT2D eigenvalue weighted by molar-refractivity contribution is -0.124. The van der Waals surface area contributed by atoms with Crippen LogP contribution in [0, 0.1) is 17.7 Å². The molecule has 4 heterocycles. The van der Waals surface area contributed by atoms with Gasteiger partial charge in [0, 0.05) is 6.20 Å². The molecule has 0 N–H and O–H groups in total. The molecule has 6 nitrogen and oxygen atoms in total. The minimum atomic E-state index is -0.349. The molecule has 0 radical (unpaired) electrons. The van der Waals surface area contributed by atoms with Gasteiger partial charge in [0.1, 0.15) is 5.82 Å². The number of nitrogens with zero attached hydrogens (tertiary/aromatic N) is 3. The van der Waals surface area contributed by atoms with Gasteiger partial charge in [-0.2, -0.15) is 5.10 Å². The highest BCUT2D eigenvalue weighted by Gasteiger charge is 2.62. The maximum Gasteiger partial charge on any atom is 0.240 e. The van der Waals surface area contributed by atoms with Crippen molar-refractivity contribution in [2.45, 2.75) is 31.6 Å². The van der Waals surface area contributed by atoms with E-state index in [2.05, 4.69) is 5.10 Å². The molecule has 0 spiro atoms. The monoisotopic (exact) mass is 341 g/mol. The summed E-state index contributed by atoms with van der Waals surface area (Å²) in [7, 11) is 0. The van der Waals surface area contributed by atoms with E-state index in [9.17, 15) is 14.0 Å². The number of ether oxygens (including phenoxy) is 1. The predicted octanol–water partition coefficient (Wildman–Crippen LogP) is 1.74. The molecule has 3 fully saturated rings. The maximum atomic E-state index is 13.3. The number of rotatable bonds is 3.